The van der Waals surface area contributed by atoms with Gasteiger partial charge in [0.2, 0.25) is 12.4 Å². The van der Waals surface area contributed by atoms with Crippen molar-refractivity contribution in [3.05, 3.63) is 64.2 Å². The van der Waals surface area contributed by atoms with Crippen LogP contribution >= 0.6 is 0 Å². The first-order valence-corrected chi connectivity index (χ1v) is 12.7. The van der Waals surface area contributed by atoms with Gasteiger partial charge in [-0.05, 0) is 19.1 Å². The predicted octanol–water partition coefficient (Wildman–Crippen LogP) is 2.23. The van der Waals surface area contributed by atoms with Gasteiger partial charge in [0.05, 0.1) is 5.56 Å². The van der Waals surface area contributed by atoms with Gasteiger partial charge in [0.15, 0.2) is 23.8 Å². The number of esters is 4. The van der Waals surface area contributed by atoms with Gasteiger partial charge in [0.25, 0.3) is 0 Å². The van der Waals surface area contributed by atoms with E-state index in [0.29, 0.717) is 0 Å². The molecule has 12 heteroatoms. The molecule has 1 saturated heterocycles. The fraction of sp³-hybridized carbons (Fsp3) is 0.379. The van der Waals surface area contributed by atoms with Crippen LogP contribution in [0.15, 0.2) is 36.4 Å². The van der Waals surface area contributed by atoms with Gasteiger partial charge in [0, 0.05) is 44.4 Å². The van der Waals surface area contributed by atoms with E-state index in [2.05, 4.69) is 0 Å². The van der Waals surface area contributed by atoms with Crippen LogP contribution in [0.2, 0.25) is 0 Å². The molecule has 5 unspecified atom stereocenters. The van der Waals surface area contributed by atoms with Crippen LogP contribution in [0.25, 0.3) is 0 Å². The van der Waals surface area contributed by atoms with Gasteiger partial charge >= 0.3 is 23.9 Å². The molecule has 2 aliphatic rings. The zero-order valence-electron chi connectivity index (χ0n) is 23.0. The predicted molar refractivity (Wildman–Crippen MR) is 137 cm³/mol. The Morgan fingerprint density at radius 1 is 0.732 bits per heavy atom. The molecule has 0 amide bonds. The van der Waals surface area contributed by atoms with E-state index in [9.17, 15) is 28.8 Å². The highest BCUT2D eigenvalue weighted by Gasteiger charge is 2.53. The minimum atomic E-state index is -1.57. The molecule has 216 valence electrons. The Morgan fingerprint density at radius 3 is 2.00 bits per heavy atom. The summed E-state index contributed by atoms with van der Waals surface area (Å²) < 4.78 is 33.3. The third-order valence-corrected chi connectivity index (χ3v) is 6.35. The Kier molecular flexibility index (Phi) is 8.52. The van der Waals surface area contributed by atoms with E-state index in [1.165, 1.54) is 18.2 Å². The molecule has 5 atom stereocenters. The molecule has 2 aromatic carbocycles. The topological polar surface area (TPSA) is 158 Å². The highest BCUT2D eigenvalue weighted by atomic mass is 16.7. The molecule has 0 N–H and O–H groups in total. The summed E-state index contributed by atoms with van der Waals surface area (Å²) in [4.78, 5) is 74.6. The second kappa shape index (κ2) is 11.9. The molecule has 0 radical (unpaired) electrons. The highest BCUT2D eigenvalue weighted by molar-refractivity contribution is 6.29. The van der Waals surface area contributed by atoms with Crippen LogP contribution in [-0.2, 0) is 42.9 Å². The first-order chi connectivity index (χ1) is 19.4. The van der Waals surface area contributed by atoms with E-state index in [4.69, 9.17) is 28.4 Å². The lowest BCUT2D eigenvalue weighted by molar-refractivity contribution is -0.288. The lowest BCUT2D eigenvalue weighted by Gasteiger charge is -2.44. The second-order valence-electron chi connectivity index (χ2n) is 9.57. The molecule has 4 rings (SSSR count). The molecule has 0 spiro atoms. The molecular weight excluding hydrogens is 540 g/mol. The fourth-order valence-electron chi connectivity index (χ4n) is 4.79. The maximum absolute atomic E-state index is 13.6. The van der Waals surface area contributed by atoms with Gasteiger partial charge in [-0.2, -0.15) is 0 Å². The van der Waals surface area contributed by atoms with Gasteiger partial charge in [-0.1, -0.05) is 29.8 Å². The van der Waals surface area contributed by atoms with Crippen LogP contribution in [0.1, 0.15) is 65.1 Å². The maximum atomic E-state index is 13.6. The van der Waals surface area contributed by atoms with Crippen molar-refractivity contribution in [2.45, 2.75) is 65.3 Å². The first kappa shape index (κ1) is 29.4. The molecule has 0 saturated carbocycles. The highest BCUT2D eigenvalue weighted by Crippen LogP contribution is 2.37. The Bertz CT molecular complexity index is 1430. The normalized spacial score (nSPS) is 23.0. The molecule has 1 heterocycles. The maximum Gasteiger partial charge on any atom is 0.303 e. The quantitative estimate of drug-likeness (QED) is 0.303. The summed E-state index contributed by atoms with van der Waals surface area (Å²) in [5.74, 6) is -4.00. The molecule has 1 fully saturated rings. The van der Waals surface area contributed by atoms with Crippen LogP contribution in [0.3, 0.4) is 0 Å². The first-order valence-electron chi connectivity index (χ1n) is 12.7. The summed E-state index contributed by atoms with van der Waals surface area (Å²) in [5.41, 5.74) is 1.30. The van der Waals surface area contributed by atoms with Crippen molar-refractivity contribution in [3.63, 3.8) is 0 Å². The van der Waals surface area contributed by atoms with E-state index >= 15 is 0 Å². The average molecular weight is 569 g/mol. The molecular formula is C29H28O12. The minimum absolute atomic E-state index is 0.0401. The number of fused-ring (bicyclic) bond motifs is 2. The van der Waals surface area contributed by atoms with Gasteiger partial charge in [-0.3, -0.25) is 28.8 Å². The summed E-state index contributed by atoms with van der Waals surface area (Å²) >= 11 is 0. The number of benzene rings is 2. The Hall–Kier alpha value is -4.58. The third-order valence-electron chi connectivity index (χ3n) is 6.35. The van der Waals surface area contributed by atoms with E-state index < -0.39 is 67.0 Å². The van der Waals surface area contributed by atoms with Crippen LogP contribution in [0.4, 0.5) is 0 Å². The summed E-state index contributed by atoms with van der Waals surface area (Å²) in [6.45, 7) is 5.81. The van der Waals surface area contributed by atoms with Crippen molar-refractivity contribution in [2.24, 2.45) is 0 Å². The SMILES string of the molecule is CC(=O)OCC1OC(Oc2cccc3c2C(=O)c2ccc(C)cc2C3=O)C(OC(C)=O)C(OC(C)=O)C1OC(C)=O. The van der Waals surface area contributed by atoms with Crippen molar-refractivity contribution in [3.8, 4) is 5.75 Å². The van der Waals surface area contributed by atoms with E-state index in [1.807, 2.05) is 0 Å². The zero-order valence-corrected chi connectivity index (χ0v) is 23.0. The molecule has 12 nitrogen and oxygen atoms in total. The summed E-state index contributed by atoms with van der Waals surface area (Å²) in [5, 5.41) is 0. The summed E-state index contributed by atoms with van der Waals surface area (Å²) in [7, 11) is 0. The monoisotopic (exact) mass is 568 g/mol. The standard InChI is InChI=1S/C29H28O12/c1-13-9-10-18-20(11-13)24(34)19-7-6-8-21(23(19)25(18)35)40-29-28(39-17(5)33)27(38-16(4)32)26(37-15(3)31)22(41-29)12-36-14(2)30/h6-11,22,26-29H,12H2,1-5H3. The number of hydrogen-bond acceptors (Lipinski definition) is 12. The Morgan fingerprint density at radius 2 is 1.37 bits per heavy atom. The lowest BCUT2D eigenvalue weighted by atomic mass is 9.83. The van der Waals surface area contributed by atoms with Gasteiger partial charge in [-0.25, -0.2) is 0 Å². The van der Waals surface area contributed by atoms with Crippen LogP contribution in [-0.4, -0.2) is 72.8 Å². The number of ketones is 2. The molecule has 41 heavy (non-hydrogen) atoms. The second-order valence-corrected chi connectivity index (χ2v) is 9.57. The molecule has 0 aromatic heterocycles. The van der Waals surface area contributed by atoms with Gasteiger partial charge in [0.1, 0.15) is 18.5 Å². The molecule has 2 aromatic rings. The number of ether oxygens (including phenoxy) is 6. The van der Waals surface area contributed by atoms with Crippen LogP contribution in [0, 0.1) is 6.92 Å². The number of carbonyl (C=O) groups is 6. The Labute approximate surface area is 234 Å². The Balaban J connectivity index is 1.78. The van der Waals surface area contributed by atoms with E-state index in [-0.39, 0.29) is 33.8 Å². The van der Waals surface area contributed by atoms with Crippen molar-refractivity contribution in [2.75, 3.05) is 6.61 Å². The molecule has 1 aliphatic carbocycles. The van der Waals surface area contributed by atoms with Gasteiger partial charge in [-0.15, -0.1) is 0 Å². The lowest BCUT2D eigenvalue weighted by Crippen LogP contribution is -2.63. The minimum Gasteiger partial charge on any atom is -0.463 e. The summed E-state index contributed by atoms with van der Waals surface area (Å²) in [6, 6.07) is 9.31. The molecule has 0 bridgehead atoms. The number of hydrogen-bond donors (Lipinski definition) is 0. The fourth-order valence-corrected chi connectivity index (χ4v) is 4.79. The van der Waals surface area contributed by atoms with Crippen molar-refractivity contribution >= 4 is 35.4 Å². The molecule has 1 aliphatic heterocycles. The van der Waals surface area contributed by atoms with Crippen molar-refractivity contribution < 1.29 is 57.2 Å². The van der Waals surface area contributed by atoms with E-state index in [1.54, 1.807) is 25.1 Å². The van der Waals surface area contributed by atoms with Gasteiger partial charge < -0.3 is 28.4 Å². The van der Waals surface area contributed by atoms with E-state index in [0.717, 1.165) is 33.3 Å². The van der Waals surface area contributed by atoms with Crippen molar-refractivity contribution in [1.82, 2.24) is 0 Å². The smallest absolute Gasteiger partial charge is 0.303 e. The number of carbonyl (C=O) groups excluding carboxylic acids is 6. The number of aryl methyl sites for hydroxylation is 1. The number of rotatable bonds is 7. The third kappa shape index (κ3) is 6.27. The zero-order chi connectivity index (χ0) is 30.0. The largest absolute Gasteiger partial charge is 0.463 e. The summed E-state index contributed by atoms with van der Waals surface area (Å²) in [6.07, 6.45) is -7.15. The van der Waals surface area contributed by atoms with Crippen LogP contribution in [0.5, 0.6) is 5.75 Å². The van der Waals surface area contributed by atoms with Crippen LogP contribution < -0.4 is 4.74 Å². The average Bonchev–Trinajstić information content (AvgIpc) is 2.88. The van der Waals surface area contributed by atoms with Crippen molar-refractivity contribution in [1.29, 1.82) is 0 Å².